The predicted molar refractivity (Wildman–Crippen MR) is 63.7 cm³/mol. The Labute approximate surface area is 104 Å². The van der Waals surface area contributed by atoms with E-state index in [4.69, 9.17) is 4.74 Å². The minimum Gasteiger partial charge on any atom is -0.435 e. The third kappa shape index (κ3) is 1.96. The van der Waals surface area contributed by atoms with Gasteiger partial charge in [0.25, 0.3) is 0 Å². The number of nitrogens with one attached hydrogen (secondary N) is 1. The van der Waals surface area contributed by atoms with Gasteiger partial charge in [-0.2, -0.15) is 4.98 Å². The van der Waals surface area contributed by atoms with Crippen LogP contribution in [0, 0.1) is 0 Å². The number of H-pyrrole nitrogens is 1. The minimum absolute atomic E-state index is 0.424. The van der Waals surface area contributed by atoms with Gasteiger partial charge in [-0.1, -0.05) is 0 Å². The number of fused-ring (bicyclic) bond motifs is 1. The van der Waals surface area contributed by atoms with Gasteiger partial charge in [-0.05, 0) is 22.0 Å². The van der Waals surface area contributed by atoms with Gasteiger partial charge in [-0.3, -0.25) is 4.98 Å². The van der Waals surface area contributed by atoms with Crippen molar-refractivity contribution in [3.63, 3.8) is 0 Å². The first-order valence-corrected chi connectivity index (χ1v) is 5.55. The predicted octanol–water partition coefficient (Wildman–Crippen LogP) is 2.30. The number of imidazole rings is 1. The van der Waals surface area contributed by atoms with Crippen LogP contribution in [0.3, 0.4) is 0 Å². The molecule has 7 heteroatoms. The molecule has 0 saturated carbocycles. The standard InChI is InChI=1S/C10H6BrN5O/c11-6-1-7(3-12-2-6)17-10-8-9(14-4-13-8)15-5-16-10/h1-5H,(H,13,14,15,16). The summed E-state index contributed by atoms with van der Waals surface area (Å²) in [5, 5.41) is 0. The molecule has 0 aliphatic rings. The molecule has 3 aromatic rings. The first kappa shape index (κ1) is 10.2. The second-order valence-corrected chi connectivity index (χ2v) is 4.14. The van der Waals surface area contributed by atoms with Gasteiger partial charge in [0.05, 0.1) is 12.5 Å². The summed E-state index contributed by atoms with van der Waals surface area (Å²) in [4.78, 5) is 19.0. The molecule has 0 spiro atoms. The van der Waals surface area contributed by atoms with Gasteiger partial charge in [0.1, 0.15) is 17.6 Å². The molecule has 0 amide bonds. The van der Waals surface area contributed by atoms with E-state index in [0.717, 1.165) is 4.47 Å². The van der Waals surface area contributed by atoms with Crippen molar-refractivity contribution in [2.45, 2.75) is 0 Å². The first-order valence-electron chi connectivity index (χ1n) is 4.75. The first-order chi connectivity index (χ1) is 8.33. The van der Waals surface area contributed by atoms with E-state index in [0.29, 0.717) is 22.8 Å². The lowest BCUT2D eigenvalue weighted by Crippen LogP contribution is -1.91. The summed E-state index contributed by atoms with van der Waals surface area (Å²) in [5.74, 6) is 1.02. The van der Waals surface area contributed by atoms with Crippen molar-refractivity contribution < 1.29 is 4.74 Å². The Balaban J connectivity index is 2.02. The van der Waals surface area contributed by atoms with E-state index in [2.05, 4.69) is 40.8 Å². The highest BCUT2D eigenvalue weighted by Gasteiger charge is 2.08. The van der Waals surface area contributed by atoms with E-state index in [1.54, 1.807) is 24.8 Å². The lowest BCUT2D eigenvalue weighted by molar-refractivity contribution is 0.464. The zero-order valence-electron chi connectivity index (χ0n) is 8.46. The van der Waals surface area contributed by atoms with Gasteiger partial charge in [0.2, 0.25) is 5.88 Å². The highest BCUT2D eigenvalue weighted by atomic mass is 79.9. The molecular weight excluding hydrogens is 286 g/mol. The fraction of sp³-hybridized carbons (Fsp3) is 0. The smallest absolute Gasteiger partial charge is 0.248 e. The normalized spacial score (nSPS) is 10.6. The van der Waals surface area contributed by atoms with Gasteiger partial charge in [0, 0.05) is 10.7 Å². The Morgan fingerprint density at radius 3 is 3.00 bits per heavy atom. The lowest BCUT2D eigenvalue weighted by atomic mass is 10.4. The van der Waals surface area contributed by atoms with E-state index in [-0.39, 0.29) is 0 Å². The van der Waals surface area contributed by atoms with Gasteiger partial charge in [0.15, 0.2) is 5.65 Å². The van der Waals surface area contributed by atoms with Crippen molar-refractivity contribution >= 4 is 27.1 Å². The second-order valence-electron chi connectivity index (χ2n) is 3.22. The Morgan fingerprint density at radius 1 is 1.18 bits per heavy atom. The molecule has 3 aromatic heterocycles. The third-order valence-corrected chi connectivity index (χ3v) is 2.52. The van der Waals surface area contributed by atoms with E-state index in [1.165, 1.54) is 6.33 Å². The molecule has 0 atom stereocenters. The van der Waals surface area contributed by atoms with E-state index >= 15 is 0 Å². The average molecular weight is 292 g/mol. The van der Waals surface area contributed by atoms with E-state index in [1.807, 2.05) is 0 Å². The van der Waals surface area contributed by atoms with Crippen LogP contribution in [-0.4, -0.2) is 24.9 Å². The van der Waals surface area contributed by atoms with Crippen molar-refractivity contribution in [3.05, 3.63) is 35.6 Å². The van der Waals surface area contributed by atoms with Crippen LogP contribution in [0.25, 0.3) is 11.2 Å². The van der Waals surface area contributed by atoms with Crippen molar-refractivity contribution in [2.75, 3.05) is 0 Å². The number of hydrogen-bond acceptors (Lipinski definition) is 5. The van der Waals surface area contributed by atoms with Gasteiger partial charge in [-0.15, -0.1) is 0 Å². The molecule has 6 nitrogen and oxygen atoms in total. The maximum atomic E-state index is 5.62. The highest BCUT2D eigenvalue weighted by Crippen LogP contribution is 2.25. The SMILES string of the molecule is Brc1cncc(Oc2ncnc3nc[nH]c23)c1. The summed E-state index contributed by atoms with van der Waals surface area (Å²) in [5.41, 5.74) is 1.23. The number of hydrogen-bond donors (Lipinski definition) is 1. The molecule has 84 valence electrons. The highest BCUT2D eigenvalue weighted by molar-refractivity contribution is 9.10. The quantitative estimate of drug-likeness (QED) is 0.784. The summed E-state index contributed by atoms with van der Waals surface area (Å²) in [6, 6.07) is 1.80. The summed E-state index contributed by atoms with van der Waals surface area (Å²) in [7, 11) is 0. The Morgan fingerprint density at radius 2 is 2.12 bits per heavy atom. The Kier molecular flexibility index (Phi) is 2.45. The molecule has 17 heavy (non-hydrogen) atoms. The topological polar surface area (TPSA) is 76.6 Å². The fourth-order valence-electron chi connectivity index (χ4n) is 1.38. The molecule has 1 N–H and O–H groups in total. The molecule has 3 heterocycles. The molecule has 3 rings (SSSR count). The molecule has 0 aromatic carbocycles. The maximum absolute atomic E-state index is 5.62. The summed E-state index contributed by atoms with van der Waals surface area (Å²) < 4.78 is 6.45. The van der Waals surface area contributed by atoms with Crippen LogP contribution >= 0.6 is 15.9 Å². The van der Waals surface area contributed by atoms with Gasteiger partial charge in [-0.25, -0.2) is 9.97 Å². The van der Waals surface area contributed by atoms with Crippen LogP contribution < -0.4 is 4.74 Å². The Bertz CT molecular complexity index is 668. The molecule has 0 bridgehead atoms. The van der Waals surface area contributed by atoms with Crippen molar-refractivity contribution in [1.29, 1.82) is 0 Å². The maximum Gasteiger partial charge on any atom is 0.248 e. The van der Waals surface area contributed by atoms with Gasteiger partial charge < -0.3 is 9.72 Å². The van der Waals surface area contributed by atoms with Crippen molar-refractivity contribution in [2.24, 2.45) is 0 Å². The number of rotatable bonds is 2. The van der Waals surface area contributed by atoms with Crippen LogP contribution in [0.4, 0.5) is 0 Å². The number of pyridine rings is 1. The summed E-state index contributed by atoms with van der Waals surface area (Å²) in [6.07, 6.45) is 6.24. The van der Waals surface area contributed by atoms with Crippen LogP contribution in [0.15, 0.2) is 35.6 Å². The average Bonchev–Trinajstić information content (AvgIpc) is 2.78. The van der Waals surface area contributed by atoms with Crippen molar-refractivity contribution in [1.82, 2.24) is 24.9 Å². The molecule has 0 aliphatic heterocycles. The van der Waals surface area contributed by atoms with Crippen LogP contribution in [-0.2, 0) is 0 Å². The lowest BCUT2D eigenvalue weighted by Gasteiger charge is -2.04. The zero-order chi connectivity index (χ0) is 11.7. The van der Waals surface area contributed by atoms with Crippen LogP contribution in [0.2, 0.25) is 0 Å². The van der Waals surface area contributed by atoms with E-state index in [9.17, 15) is 0 Å². The number of halogens is 1. The molecular formula is C10H6BrN5O. The molecule has 0 saturated heterocycles. The Hall–Kier alpha value is -2.02. The number of nitrogens with zero attached hydrogens (tertiary/aromatic N) is 4. The summed E-state index contributed by atoms with van der Waals surface area (Å²) in [6.45, 7) is 0. The van der Waals surface area contributed by atoms with Crippen molar-refractivity contribution in [3.8, 4) is 11.6 Å². The number of aromatic amines is 1. The van der Waals surface area contributed by atoms with Crippen LogP contribution in [0.1, 0.15) is 0 Å². The number of aromatic nitrogens is 5. The largest absolute Gasteiger partial charge is 0.435 e. The van der Waals surface area contributed by atoms with Crippen LogP contribution in [0.5, 0.6) is 11.6 Å². The summed E-state index contributed by atoms with van der Waals surface area (Å²) >= 11 is 3.32. The molecule has 0 fully saturated rings. The minimum atomic E-state index is 0.424. The van der Waals surface area contributed by atoms with Gasteiger partial charge >= 0.3 is 0 Å². The fourth-order valence-corrected chi connectivity index (χ4v) is 1.72. The third-order valence-electron chi connectivity index (χ3n) is 2.08. The monoisotopic (exact) mass is 291 g/mol. The molecule has 0 unspecified atom stereocenters. The second kappa shape index (κ2) is 4.10. The molecule has 0 aliphatic carbocycles. The zero-order valence-corrected chi connectivity index (χ0v) is 10.0. The molecule has 0 radical (unpaired) electrons. The number of ether oxygens (including phenoxy) is 1. The van der Waals surface area contributed by atoms with E-state index < -0.39 is 0 Å².